The third-order valence-corrected chi connectivity index (χ3v) is 2.24. The molecule has 0 aromatic rings. The fraction of sp³-hybridized carbons (Fsp3) is 0.750. The minimum Gasteiger partial charge on any atom is -0.345 e. The van der Waals surface area contributed by atoms with Gasteiger partial charge in [0.1, 0.15) is 6.04 Å². The average Bonchev–Trinajstić information content (AvgIpc) is 2.08. The molecular weight excluding hydrogens is 156 g/mol. The first-order chi connectivity index (χ1) is 5.65. The first kappa shape index (κ1) is 9.03. The van der Waals surface area contributed by atoms with Gasteiger partial charge in [-0.05, 0) is 5.92 Å². The fourth-order valence-corrected chi connectivity index (χ4v) is 1.20. The molecule has 2 atom stereocenters. The zero-order valence-corrected chi connectivity index (χ0v) is 7.39. The molecule has 2 N–H and O–H groups in total. The van der Waals surface area contributed by atoms with Crippen molar-refractivity contribution >= 4 is 11.8 Å². The summed E-state index contributed by atoms with van der Waals surface area (Å²) >= 11 is 0. The molecule has 0 aliphatic carbocycles. The number of hydrogen-bond acceptors (Lipinski definition) is 2. The molecule has 4 heteroatoms. The maximum Gasteiger partial charge on any atom is 0.243 e. The molecule has 1 rings (SSSR count). The first-order valence-electron chi connectivity index (χ1n) is 4.22. The Hall–Kier alpha value is -1.06. The van der Waals surface area contributed by atoms with Crippen molar-refractivity contribution in [1.82, 2.24) is 10.6 Å². The lowest BCUT2D eigenvalue weighted by molar-refractivity contribution is -0.134. The molecule has 0 radical (unpaired) electrons. The number of nitrogens with one attached hydrogen (secondary N) is 2. The van der Waals surface area contributed by atoms with Gasteiger partial charge in [0.05, 0.1) is 6.54 Å². The highest BCUT2D eigenvalue weighted by Crippen LogP contribution is 2.09. The van der Waals surface area contributed by atoms with Gasteiger partial charge in [0.15, 0.2) is 0 Å². The van der Waals surface area contributed by atoms with Crippen molar-refractivity contribution in [2.75, 3.05) is 6.54 Å². The second-order valence-corrected chi connectivity index (χ2v) is 3.15. The third kappa shape index (κ3) is 1.75. The van der Waals surface area contributed by atoms with Crippen molar-refractivity contribution in [2.45, 2.75) is 26.3 Å². The summed E-state index contributed by atoms with van der Waals surface area (Å²) < 4.78 is 0. The van der Waals surface area contributed by atoms with E-state index >= 15 is 0 Å². The van der Waals surface area contributed by atoms with E-state index < -0.39 is 0 Å². The lowest BCUT2D eigenvalue weighted by Gasteiger charge is -2.27. The van der Waals surface area contributed by atoms with E-state index in [1.165, 1.54) is 0 Å². The summed E-state index contributed by atoms with van der Waals surface area (Å²) in [5, 5.41) is 5.21. The van der Waals surface area contributed by atoms with Gasteiger partial charge in [0.2, 0.25) is 11.8 Å². The van der Waals surface area contributed by atoms with E-state index in [1.54, 1.807) is 0 Å². The molecule has 1 heterocycles. The van der Waals surface area contributed by atoms with Crippen LogP contribution in [-0.2, 0) is 9.59 Å². The van der Waals surface area contributed by atoms with E-state index in [2.05, 4.69) is 10.6 Å². The van der Waals surface area contributed by atoms with E-state index in [0.717, 1.165) is 6.42 Å². The van der Waals surface area contributed by atoms with Gasteiger partial charge in [-0.25, -0.2) is 0 Å². The van der Waals surface area contributed by atoms with Crippen LogP contribution in [0.4, 0.5) is 0 Å². The minimum atomic E-state index is -0.337. The molecule has 68 valence electrons. The average molecular weight is 170 g/mol. The van der Waals surface area contributed by atoms with Gasteiger partial charge in [-0.3, -0.25) is 9.59 Å². The topological polar surface area (TPSA) is 58.2 Å². The van der Waals surface area contributed by atoms with E-state index in [9.17, 15) is 9.59 Å². The monoisotopic (exact) mass is 170 g/mol. The zero-order chi connectivity index (χ0) is 9.14. The van der Waals surface area contributed by atoms with Crippen molar-refractivity contribution in [3.05, 3.63) is 0 Å². The molecule has 0 unspecified atom stereocenters. The Bertz CT molecular complexity index is 203. The van der Waals surface area contributed by atoms with Crippen molar-refractivity contribution < 1.29 is 9.59 Å². The van der Waals surface area contributed by atoms with Crippen LogP contribution in [0.2, 0.25) is 0 Å². The predicted octanol–water partition coefficient (Wildman–Crippen LogP) is -0.353. The molecule has 4 nitrogen and oxygen atoms in total. The van der Waals surface area contributed by atoms with E-state index in [4.69, 9.17) is 0 Å². The van der Waals surface area contributed by atoms with Crippen LogP contribution < -0.4 is 10.6 Å². The molecule has 1 aliphatic rings. The molecule has 0 bridgehead atoms. The Morgan fingerprint density at radius 2 is 2.25 bits per heavy atom. The molecule has 1 fully saturated rings. The number of piperazine rings is 1. The molecule has 1 saturated heterocycles. The highest BCUT2D eigenvalue weighted by atomic mass is 16.2. The summed E-state index contributed by atoms with van der Waals surface area (Å²) in [7, 11) is 0. The second-order valence-electron chi connectivity index (χ2n) is 3.15. The molecule has 12 heavy (non-hydrogen) atoms. The van der Waals surface area contributed by atoms with Gasteiger partial charge in [0, 0.05) is 0 Å². The number of carbonyl (C=O) groups excluding carboxylic acids is 2. The van der Waals surface area contributed by atoms with E-state index in [0.29, 0.717) is 0 Å². The van der Waals surface area contributed by atoms with Crippen molar-refractivity contribution in [1.29, 1.82) is 0 Å². The Morgan fingerprint density at radius 1 is 1.58 bits per heavy atom. The maximum atomic E-state index is 11.2. The van der Waals surface area contributed by atoms with Crippen molar-refractivity contribution in [2.24, 2.45) is 5.92 Å². The van der Waals surface area contributed by atoms with Crippen molar-refractivity contribution in [3.8, 4) is 0 Å². The molecule has 1 aliphatic heterocycles. The Morgan fingerprint density at radius 3 is 2.83 bits per heavy atom. The van der Waals surface area contributed by atoms with Crippen LogP contribution in [0.25, 0.3) is 0 Å². The second kappa shape index (κ2) is 3.56. The van der Waals surface area contributed by atoms with Gasteiger partial charge in [-0.2, -0.15) is 0 Å². The quantitative estimate of drug-likeness (QED) is 0.595. The molecule has 2 amide bonds. The predicted molar refractivity (Wildman–Crippen MR) is 44.4 cm³/mol. The number of amides is 2. The van der Waals surface area contributed by atoms with Gasteiger partial charge in [-0.15, -0.1) is 0 Å². The Balaban J connectivity index is 2.60. The fourth-order valence-electron chi connectivity index (χ4n) is 1.20. The zero-order valence-electron chi connectivity index (χ0n) is 7.39. The van der Waals surface area contributed by atoms with Crippen LogP contribution in [0.1, 0.15) is 20.3 Å². The number of rotatable bonds is 2. The van der Waals surface area contributed by atoms with Crippen LogP contribution in [0.3, 0.4) is 0 Å². The normalized spacial score (nSPS) is 26.0. The van der Waals surface area contributed by atoms with E-state index in [-0.39, 0.29) is 30.3 Å². The third-order valence-electron chi connectivity index (χ3n) is 2.24. The van der Waals surface area contributed by atoms with Gasteiger partial charge in [-0.1, -0.05) is 20.3 Å². The standard InChI is InChI=1S/C8H14N2O2/c1-3-5(2)7-8(12)9-4-6(11)10-7/h5,7H,3-4H2,1-2H3,(H,9,12)(H,10,11)/t5-,7+/m0/s1. The van der Waals surface area contributed by atoms with Crippen LogP contribution >= 0.6 is 0 Å². The van der Waals surface area contributed by atoms with Crippen LogP contribution in [-0.4, -0.2) is 24.4 Å². The number of carbonyl (C=O) groups is 2. The molecule has 0 aromatic heterocycles. The summed E-state index contributed by atoms with van der Waals surface area (Å²) in [5.74, 6) is 0.0399. The summed E-state index contributed by atoms with van der Waals surface area (Å²) in [6.07, 6.45) is 0.887. The Labute approximate surface area is 71.7 Å². The summed E-state index contributed by atoms with van der Waals surface area (Å²) in [6.45, 7) is 4.07. The highest BCUT2D eigenvalue weighted by molar-refractivity contribution is 5.94. The van der Waals surface area contributed by atoms with Crippen molar-refractivity contribution in [3.63, 3.8) is 0 Å². The molecule has 0 aromatic carbocycles. The molecule has 0 saturated carbocycles. The minimum absolute atomic E-state index is 0.0658. The van der Waals surface area contributed by atoms with Gasteiger partial charge < -0.3 is 10.6 Å². The van der Waals surface area contributed by atoms with Gasteiger partial charge in [0.25, 0.3) is 0 Å². The first-order valence-corrected chi connectivity index (χ1v) is 4.22. The maximum absolute atomic E-state index is 11.2. The lowest BCUT2D eigenvalue weighted by Crippen LogP contribution is -2.58. The van der Waals surface area contributed by atoms with Gasteiger partial charge >= 0.3 is 0 Å². The van der Waals surface area contributed by atoms with Crippen LogP contribution in [0.15, 0.2) is 0 Å². The van der Waals surface area contributed by atoms with Crippen LogP contribution in [0, 0.1) is 5.92 Å². The summed E-state index contributed by atoms with van der Waals surface area (Å²) in [6, 6.07) is -0.337. The SMILES string of the molecule is CC[C@H](C)[C@H]1NC(=O)CNC1=O. The lowest BCUT2D eigenvalue weighted by atomic mass is 9.97. The highest BCUT2D eigenvalue weighted by Gasteiger charge is 2.29. The number of hydrogen-bond donors (Lipinski definition) is 2. The molecular formula is C8H14N2O2. The Kier molecular flexibility index (Phi) is 2.68. The largest absolute Gasteiger partial charge is 0.345 e. The van der Waals surface area contributed by atoms with E-state index in [1.807, 2.05) is 13.8 Å². The summed E-state index contributed by atoms with van der Waals surface area (Å²) in [5.41, 5.74) is 0. The van der Waals surface area contributed by atoms with Crippen LogP contribution in [0.5, 0.6) is 0 Å². The smallest absolute Gasteiger partial charge is 0.243 e. The molecule has 0 spiro atoms. The summed E-state index contributed by atoms with van der Waals surface area (Å²) in [4.78, 5) is 22.1.